The van der Waals surface area contributed by atoms with Crippen molar-refractivity contribution >= 4 is 15.7 Å². The fraction of sp³-hybridized carbons (Fsp3) is 0.500. The zero-order chi connectivity index (χ0) is 19.4. The Kier molecular flexibility index (Phi) is 5.99. The molecule has 7 heteroatoms. The molecular formula is C20H27N3O3S. The molecule has 1 amide bonds. The quantitative estimate of drug-likeness (QED) is 0.789. The van der Waals surface area contributed by atoms with Crippen LogP contribution in [0, 0.1) is 0 Å². The second-order valence-corrected chi connectivity index (χ2v) is 9.66. The second kappa shape index (κ2) is 8.25. The number of aromatic nitrogens is 2. The van der Waals surface area contributed by atoms with Crippen molar-refractivity contribution in [1.82, 2.24) is 14.9 Å². The Morgan fingerprint density at radius 2 is 2.00 bits per heavy atom. The topological polar surface area (TPSA) is 81.1 Å². The number of aryl methyl sites for hydroxylation is 1. The largest absolute Gasteiger partial charge is 0.350 e. The van der Waals surface area contributed by atoms with Gasteiger partial charge in [0.1, 0.15) is 5.82 Å². The molecule has 2 atom stereocenters. The smallest absolute Gasteiger partial charge is 0.220 e. The number of nitrogens with zero attached hydrogens (tertiary/aromatic N) is 2. The molecule has 27 heavy (non-hydrogen) atoms. The highest BCUT2D eigenvalue weighted by Crippen LogP contribution is 2.28. The third kappa shape index (κ3) is 4.97. The van der Waals surface area contributed by atoms with Crippen molar-refractivity contribution in [2.75, 3.05) is 11.5 Å². The van der Waals surface area contributed by atoms with Gasteiger partial charge in [0.25, 0.3) is 0 Å². The molecule has 1 aromatic heterocycles. The third-order valence-electron chi connectivity index (χ3n) is 4.95. The standard InChI is InChI=1S/C20H27N3O3S/c1-15(2)20-21-11-12-23(20)18-14-27(25,26)13-17(18)22-19(24)10-6-9-16-7-4-3-5-8-16/h3-5,7-8,11-12,15,17-18H,6,9-10,13-14H2,1-2H3,(H,22,24)/t17-,18+/m0/s1. The SMILES string of the molecule is CC(C)c1nccn1[C@@H]1CS(=O)(=O)C[C@@H]1NC(=O)CCCc1ccccc1. The lowest BCUT2D eigenvalue weighted by Gasteiger charge is -2.23. The number of sulfone groups is 1. The van der Waals surface area contributed by atoms with Crippen LogP contribution in [0.3, 0.4) is 0 Å². The molecule has 1 saturated heterocycles. The Morgan fingerprint density at radius 1 is 1.26 bits per heavy atom. The summed E-state index contributed by atoms with van der Waals surface area (Å²) >= 11 is 0. The van der Waals surface area contributed by atoms with E-state index in [0.29, 0.717) is 6.42 Å². The molecule has 1 aliphatic rings. The van der Waals surface area contributed by atoms with Gasteiger partial charge in [-0.05, 0) is 18.4 Å². The van der Waals surface area contributed by atoms with E-state index in [1.54, 1.807) is 6.20 Å². The number of carbonyl (C=O) groups excluding carboxylic acids is 1. The number of hydrogen-bond acceptors (Lipinski definition) is 4. The van der Waals surface area contributed by atoms with Crippen LogP contribution >= 0.6 is 0 Å². The van der Waals surface area contributed by atoms with Crippen LogP contribution in [0.4, 0.5) is 0 Å². The molecule has 0 bridgehead atoms. The van der Waals surface area contributed by atoms with Crippen molar-refractivity contribution in [1.29, 1.82) is 0 Å². The van der Waals surface area contributed by atoms with Gasteiger partial charge in [-0.1, -0.05) is 44.2 Å². The summed E-state index contributed by atoms with van der Waals surface area (Å²) in [5.74, 6) is 0.964. The zero-order valence-electron chi connectivity index (χ0n) is 15.8. The minimum atomic E-state index is -3.19. The van der Waals surface area contributed by atoms with Gasteiger partial charge in [0.15, 0.2) is 9.84 Å². The Labute approximate surface area is 160 Å². The molecule has 1 N–H and O–H groups in total. The summed E-state index contributed by atoms with van der Waals surface area (Å²) in [6, 6.07) is 9.33. The van der Waals surface area contributed by atoms with Crippen molar-refractivity contribution in [2.24, 2.45) is 0 Å². The van der Waals surface area contributed by atoms with E-state index < -0.39 is 15.9 Å². The number of rotatable bonds is 7. The summed E-state index contributed by atoms with van der Waals surface area (Å²) in [5.41, 5.74) is 1.20. The Hall–Kier alpha value is -2.15. The Bertz CT molecular complexity index is 875. The first-order valence-corrected chi connectivity index (χ1v) is 11.2. The van der Waals surface area contributed by atoms with E-state index in [1.165, 1.54) is 5.56 Å². The number of hydrogen-bond donors (Lipinski definition) is 1. The van der Waals surface area contributed by atoms with E-state index in [0.717, 1.165) is 18.7 Å². The lowest BCUT2D eigenvalue weighted by molar-refractivity contribution is -0.121. The lowest BCUT2D eigenvalue weighted by Crippen LogP contribution is -2.41. The average molecular weight is 390 g/mol. The van der Waals surface area contributed by atoms with Gasteiger partial charge in [0.05, 0.1) is 23.6 Å². The summed E-state index contributed by atoms with van der Waals surface area (Å²) < 4.78 is 26.4. The molecular weight excluding hydrogens is 362 g/mol. The molecule has 1 aliphatic heterocycles. The van der Waals surface area contributed by atoms with Crippen molar-refractivity contribution in [2.45, 2.75) is 51.1 Å². The fourth-order valence-electron chi connectivity index (χ4n) is 3.67. The first-order chi connectivity index (χ1) is 12.9. The maximum Gasteiger partial charge on any atom is 0.220 e. The average Bonchev–Trinajstić information content (AvgIpc) is 3.20. The monoisotopic (exact) mass is 389 g/mol. The Balaban J connectivity index is 1.63. The van der Waals surface area contributed by atoms with Gasteiger partial charge < -0.3 is 9.88 Å². The first-order valence-electron chi connectivity index (χ1n) is 9.42. The van der Waals surface area contributed by atoms with Gasteiger partial charge in [0.2, 0.25) is 5.91 Å². The molecule has 3 rings (SSSR count). The normalized spacial score (nSPS) is 21.4. The highest BCUT2D eigenvalue weighted by atomic mass is 32.2. The molecule has 2 heterocycles. The lowest BCUT2D eigenvalue weighted by atomic mass is 10.1. The van der Waals surface area contributed by atoms with E-state index in [-0.39, 0.29) is 29.4 Å². The van der Waals surface area contributed by atoms with Gasteiger partial charge in [-0.15, -0.1) is 0 Å². The zero-order valence-corrected chi connectivity index (χ0v) is 16.7. The summed E-state index contributed by atoms with van der Waals surface area (Å²) in [6.45, 7) is 4.05. The van der Waals surface area contributed by atoms with E-state index in [4.69, 9.17) is 0 Å². The highest BCUT2D eigenvalue weighted by Gasteiger charge is 2.40. The molecule has 6 nitrogen and oxygen atoms in total. The molecule has 1 aromatic carbocycles. The predicted molar refractivity (Wildman–Crippen MR) is 105 cm³/mol. The molecule has 0 unspecified atom stereocenters. The number of benzene rings is 1. The van der Waals surface area contributed by atoms with Crippen molar-refractivity contribution in [3.05, 3.63) is 54.1 Å². The number of carbonyl (C=O) groups is 1. The summed E-state index contributed by atoms with van der Waals surface area (Å²) in [7, 11) is -3.19. The van der Waals surface area contributed by atoms with Gasteiger partial charge in [-0.2, -0.15) is 0 Å². The molecule has 2 aromatic rings. The van der Waals surface area contributed by atoms with Gasteiger partial charge >= 0.3 is 0 Å². The summed E-state index contributed by atoms with van der Waals surface area (Å²) in [4.78, 5) is 16.8. The van der Waals surface area contributed by atoms with E-state index in [1.807, 2.05) is 54.9 Å². The van der Waals surface area contributed by atoms with Crippen LogP contribution in [0.2, 0.25) is 0 Å². The molecule has 0 spiro atoms. The van der Waals surface area contributed by atoms with Crippen molar-refractivity contribution < 1.29 is 13.2 Å². The maximum absolute atomic E-state index is 12.4. The van der Waals surface area contributed by atoms with Crippen LogP contribution in [0.25, 0.3) is 0 Å². The number of imidazole rings is 1. The van der Waals surface area contributed by atoms with E-state index in [9.17, 15) is 13.2 Å². The highest BCUT2D eigenvalue weighted by molar-refractivity contribution is 7.91. The van der Waals surface area contributed by atoms with Gasteiger partial charge in [-0.3, -0.25) is 4.79 Å². The van der Waals surface area contributed by atoms with E-state index >= 15 is 0 Å². The van der Waals surface area contributed by atoms with Crippen LogP contribution in [0.15, 0.2) is 42.7 Å². The van der Waals surface area contributed by atoms with Gasteiger partial charge in [-0.25, -0.2) is 13.4 Å². The maximum atomic E-state index is 12.4. The second-order valence-electron chi connectivity index (χ2n) is 7.50. The fourth-order valence-corrected chi connectivity index (χ4v) is 5.57. The van der Waals surface area contributed by atoms with Crippen molar-refractivity contribution in [3.8, 4) is 0 Å². The molecule has 146 valence electrons. The van der Waals surface area contributed by atoms with Crippen LogP contribution in [0.5, 0.6) is 0 Å². The minimum absolute atomic E-state index is 0.0161. The summed E-state index contributed by atoms with van der Waals surface area (Å²) in [5, 5.41) is 2.96. The minimum Gasteiger partial charge on any atom is -0.350 e. The third-order valence-corrected chi connectivity index (χ3v) is 6.67. The van der Waals surface area contributed by atoms with Crippen LogP contribution < -0.4 is 5.32 Å². The number of nitrogens with one attached hydrogen (secondary N) is 1. The first kappa shape index (κ1) is 19.6. The van der Waals surface area contributed by atoms with Crippen molar-refractivity contribution in [3.63, 3.8) is 0 Å². The number of amides is 1. The van der Waals surface area contributed by atoms with Gasteiger partial charge in [0, 0.05) is 24.7 Å². The molecule has 0 radical (unpaired) electrons. The summed E-state index contributed by atoms with van der Waals surface area (Å²) in [6.07, 6.45) is 5.47. The molecule has 1 fully saturated rings. The van der Waals surface area contributed by atoms with Crippen LogP contribution in [-0.4, -0.2) is 41.4 Å². The molecule has 0 saturated carbocycles. The van der Waals surface area contributed by atoms with Crippen LogP contribution in [0.1, 0.15) is 50.0 Å². The van der Waals surface area contributed by atoms with Crippen LogP contribution in [-0.2, 0) is 21.1 Å². The predicted octanol–water partition coefficient (Wildman–Crippen LogP) is 2.48. The molecule has 0 aliphatic carbocycles. The Morgan fingerprint density at radius 3 is 2.70 bits per heavy atom. The van der Waals surface area contributed by atoms with E-state index in [2.05, 4.69) is 10.3 Å².